The fourth-order valence-electron chi connectivity index (χ4n) is 1.95. The first kappa shape index (κ1) is 11.8. The molecule has 1 saturated carbocycles. The van der Waals surface area contributed by atoms with Gasteiger partial charge < -0.3 is 14.5 Å². The van der Waals surface area contributed by atoms with E-state index in [4.69, 9.17) is 9.47 Å². The molecule has 1 aliphatic carbocycles. The Bertz CT molecular complexity index is 700. The molecule has 0 saturated heterocycles. The molecule has 0 bridgehead atoms. The van der Waals surface area contributed by atoms with Gasteiger partial charge in [0.15, 0.2) is 0 Å². The molecule has 98 valence electrons. The van der Waals surface area contributed by atoms with Crippen molar-refractivity contribution in [2.45, 2.75) is 18.9 Å². The number of nitrogens with one attached hydrogen (secondary N) is 1. The van der Waals surface area contributed by atoms with Crippen LogP contribution in [0.25, 0.3) is 10.9 Å². The Balaban J connectivity index is 2.10. The minimum atomic E-state index is -0.562. The number of H-pyrrole nitrogens is 1. The molecule has 1 heterocycles. The molecule has 5 heteroatoms. The maximum absolute atomic E-state index is 12.3. The van der Waals surface area contributed by atoms with Gasteiger partial charge in [0, 0.05) is 6.20 Å². The van der Waals surface area contributed by atoms with Crippen molar-refractivity contribution in [3.8, 4) is 5.75 Å². The topological polar surface area (TPSA) is 68.4 Å². The SMILES string of the molecule is COc1cccc2c(=O)c(C(=O)OC3CC3)c[nH]c12. The van der Waals surface area contributed by atoms with E-state index < -0.39 is 5.97 Å². The standard InChI is InChI=1S/C14H13NO4/c1-18-11-4-2-3-9-12(11)15-7-10(13(9)16)14(17)19-8-5-6-8/h2-4,7-8H,5-6H2,1H3,(H,15,16). The lowest BCUT2D eigenvalue weighted by atomic mass is 10.1. The average molecular weight is 259 g/mol. The van der Waals surface area contributed by atoms with Crippen molar-refractivity contribution < 1.29 is 14.3 Å². The summed E-state index contributed by atoms with van der Waals surface area (Å²) in [5.74, 6) is 0.00480. The molecule has 0 spiro atoms. The second kappa shape index (κ2) is 4.42. The van der Waals surface area contributed by atoms with Crippen molar-refractivity contribution in [1.29, 1.82) is 0 Å². The smallest absolute Gasteiger partial charge is 0.343 e. The zero-order valence-electron chi connectivity index (χ0n) is 10.4. The summed E-state index contributed by atoms with van der Waals surface area (Å²) >= 11 is 0. The van der Waals surface area contributed by atoms with Crippen molar-refractivity contribution in [3.63, 3.8) is 0 Å². The van der Waals surface area contributed by atoms with Crippen molar-refractivity contribution in [1.82, 2.24) is 4.98 Å². The van der Waals surface area contributed by atoms with Crippen LogP contribution in [0.5, 0.6) is 5.75 Å². The number of carbonyl (C=O) groups is 1. The first-order valence-electron chi connectivity index (χ1n) is 6.10. The van der Waals surface area contributed by atoms with Gasteiger partial charge >= 0.3 is 5.97 Å². The molecule has 19 heavy (non-hydrogen) atoms. The monoisotopic (exact) mass is 259 g/mol. The van der Waals surface area contributed by atoms with Crippen molar-refractivity contribution in [2.24, 2.45) is 0 Å². The number of ether oxygens (including phenoxy) is 2. The summed E-state index contributed by atoms with van der Waals surface area (Å²) in [6.45, 7) is 0. The third-order valence-corrected chi connectivity index (χ3v) is 3.11. The summed E-state index contributed by atoms with van der Waals surface area (Å²) in [6, 6.07) is 5.12. The van der Waals surface area contributed by atoms with Gasteiger partial charge in [0.05, 0.1) is 18.0 Å². The van der Waals surface area contributed by atoms with Gasteiger partial charge in [-0.3, -0.25) is 4.79 Å². The largest absolute Gasteiger partial charge is 0.495 e. The van der Waals surface area contributed by atoms with Crippen LogP contribution in [0, 0.1) is 0 Å². The van der Waals surface area contributed by atoms with Gasteiger partial charge in [0.2, 0.25) is 5.43 Å². The maximum Gasteiger partial charge on any atom is 0.343 e. The molecule has 1 aromatic heterocycles. The molecule has 0 aliphatic heterocycles. The zero-order valence-corrected chi connectivity index (χ0v) is 10.4. The van der Waals surface area contributed by atoms with Crippen molar-refractivity contribution in [2.75, 3.05) is 7.11 Å². The Hall–Kier alpha value is -2.30. The molecule has 5 nitrogen and oxygen atoms in total. The molecule has 0 amide bonds. The van der Waals surface area contributed by atoms with E-state index in [1.165, 1.54) is 13.3 Å². The third kappa shape index (κ3) is 2.07. The van der Waals surface area contributed by atoms with E-state index in [0.29, 0.717) is 16.7 Å². The molecule has 3 rings (SSSR count). The Labute approximate surface area is 109 Å². The number of carbonyl (C=O) groups excluding carboxylic acids is 1. The van der Waals surface area contributed by atoms with E-state index in [2.05, 4.69) is 4.98 Å². The average Bonchev–Trinajstić information content (AvgIpc) is 3.22. The maximum atomic E-state index is 12.3. The minimum absolute atomic E-state index is 0.0205. The number of aromatic nitrogens is 1. The molecule has 1 aromatic carbocycles. The van der Waals surface area contributed by atoms with E-state index in [9.17, 15) is 9.59 Å². The Kier molecular flexibility index (Phi) is 2.74. The highest BCUT2D eigenvalue weighted by molar-refractivity contribution is 5.95. The van der Waals surface area contributed by atoms with E-state index >= 15 is 0 Å². The highest BCUT2D eigenvalue weighted by Gasteiger charge is 2.27. The van der Waals surface area contributed by atoms with Crippen LogP contribution in [0.15, 0.2) is 29.2 Å². The summed E-state index contributed by atoms with van der Waals surface area (Å²) in [4.78, 5) is 27.0. The Morgan fingerprint density at radius 3 is 2.84 bits per heavy atom. The number of rotatable bonds is 3. The predicted octanol–water partition coefficient (Wildman–Crippen LogP) is 1.86. The zero-order chi connectivity index (χ0) is 13.4. The summed E-state index contributed by atoms with van der Waals surface area (Å²) in [5, 5.41) is 0.421. The van der Waals surface area contributed by atoms with E-state index in [1.54, 1.807) is 18.2 Å². The van der Waals surface area contributed by atoms with Gasteiger partial charge in [-0.25, -0.2) is 4.79 Å². The van der Waals surface area contributed by atoms with Crippen LogP contribution in [0.3, 0.4) is 0 Å². The molecule has 2 aromatic rings. The van der Waals surface area contributed by atoms with Crippen LogP contribution in [-0.2, 0) is 4.74 Å². The molecule has 1 fully saturated rings. The molecule has 0 radical (unpaired) electrons. The lowest BCUT2D eigenvalue weighted by Gasteiger charge is -2.07. The fraction of sp³-hybridized carbons (Fsp3) is 0.286. The number of methoxy groups -OCH3 is 1. The highest BCUT2D eigenvalue weighted by atomic mass is 16.5. The first-order valence-corrected chi connectivity index (χ1v) is 6.10. The second-order valence-electron chi connectivity index (χ2n) is 4.52. The number of para-hydroxylation sites is 1. The van der Waals surface area contributed by atoms with Crippen molar-refractivity contribution >= 4 is 16.9 Å². The molecule has 1 N–H and O–H groups in total. The van der Waals surface area contributed by atoms with Gasteiger partial charge in [-0.1, -0.05) is 6.07 Å². The third-order valence-electron chi connectivity index (χ3n) is 3.11. The first-order chi connectivity index (χ1) is 9.20. The summed E-state index contributed by atoms with van der Waals surface area (Å²) < 4.78 is 10.3. The molecule has 0 atom stereocenters. The summed E-state index contributed by atoms with van der Waals surface area (Å²) in [5.41, 5.74) is 0.281. The van der Waals surface area contributed by atoms with Crippen LogP contribution < -0.4 is 10.2 Å². The number of hydrogen-bond donors (Lipinski definition) is 1. The number of benzene rings is 1. The van der Waals surface area contributed by atoms with Gasteiger partial charge in [-0.05, 0) is 25.0 Å². The van der Waals surface area contributed by atoms with Crippen LogP contribution in [0.2, 0.25) is 0 Å². The molecular formula is C14H13NO4. The predicted molar refractivity (Wildman–Crippen MR) is 69.6 cm³/mol. The Morgan fingerprint density at radius 2 is 2.16 bits per heavy atom. The lowest BCUT2D eigenvalue weighted by molar-refractivity contribution is 0.0470. The van der Waals surface area contributed by atoms with Gasteiger partial charge in [-0.2, -0.15) is 0 Å². The molecule has 0 unspecified atom stereocenters. The highest BCUT2D eigenvalue weighted by Crippen LogP contribution is 2.25. The second-order valence-corrected chi connectivity index (χ2v) is 4.52. The Morgan fingerprint density at radius 1 is 1.37 bits per heavy atom. The van der Waals surface area contributed by atoms with Gasteiger partial charge in [0.1, 0.15) is 17.4 Å². The quantitative estimate of drug-likeness (QED) is 0.854. The normalized spacial score (nSPS) is 14.4. The van der Waals surface area contributed by atoms with E-state index in [1.807, 2.05) is 0 Å². The van der Waals surface area contributed by atoms with E-state index in [-0.39, 0.29) is 17.1 Å². The van der Waals surface area contributed by atoms with Gasteiger partial charge in [0.25, 0.3) is 0 Å². The molecule has 1 aliphatic rings. The number of esters is 1. The summed E-state index contributed by atoms with van der Waals surface area (Å²) in [6.07, 6.45) is 3.13. The van der Waals surface area contributed by atoms with Crippen molar-refractivity contribution in [3.05, 3.63) is 40.2 Å². The van der Waals surface area contributed by atoms with Gasteiger partial charge in [-0.15, -0.1) is 0 Å². The van der Waals surface area contributed by atoms with Crippen LogP contribution in [0.4, 0.5) is 0 Å². The summed E-state index contributed by atoms with van der Waals surface area (Å²) in [7, 11) is 1.53. The minimum Gasteiger partial charge on any atom is -0.495 e. The number of pyridine rings is 1. The fourth-order valence-corrected chi connectivity index (χ4v) is 1.95. The van der Waals surface area contributed by atoms with E-state index in [0.717, 1.165) is 12.8 Å². The number of fused-ring (bicyclic) bond motifs is 1. The number of aromatic amines is 1. The lowest BCUT2D eigenvalue weighted by Crippen LogP contribution is -2.19. The van der Waals surface area contributed by atoms with Crippen LogP contribution in [-0.4, -0.2) is 24.2 Å². The van der Waals surface area contributed by atoms with Crippen LogP contribution in [0.1, 0.15) is 23.2 Å². The van der Waals surface area contributed by atoms with Crippen LogP contribution >= 0.6 is 0 Å². The number of hydrogen-bond acceptors (Lipinski definition) is 4. The molecular weight excluding hydrogens is 246 g/mol.